The average molecular weight is 295 g/mol. The van der Waals surface area contributed by atoms with Crippen LogP contribution in [0.4, 0.5) is 0 Å². The van der Waals surface area contributed by atoms with Gasteiger partial charge in [-0.25, -0.2) is 0 Å². The first-order chi connectivity index (χ1) is 10.8. The normalized spacial score (nSPS) is 37.5. The number of hydrogen-bond acceptors (Lipinski definition) is 2. The van der Waals surface area contributed by atoms with Gasteiger partial charge in [0.25, 0.3) is 0 Å². The van der Waals surface area contributed by atoms with E-state index in [0.29, 0.717) is 17.7 Å². The molecule has 22 heavy (non-hydrogen) atoms. The Bertz CT molecular complexity index is 620. The van der Waals surface area contributed by atoms with Gasteiger partial charge < -0.3 is 0 Å². The van der Waals surface area contributed by atoms with Gasteiger partial charge in [-0.15, -0.1) is 0 Å². The summed E-state index contributed by atoms with van der Waals surface area (Å²) < 4.78 is 0. The Hall–Kier alpha value is -1.15. The highest BCUT2D eigenvalue weighted by atomic mass is 16.1. The van der Waals surface area contributed by atoms with Crippen molar-refractivity contribution in [3.05, 3.63) is 35.4 Å². The largest absolute Gasteiger partial charge is 0.300 e. The highest BCUT2D eigenvalue weighted by molar-refractivity contribution is 5.81. The molecule has 1 saturated heterocycles. The van der Waals surface area contributed by atoms with Crippen LogP contribution in [-0.2, 0) is 16.6 Å². The molecule has 5 rings (SSSR count). The molecule has 0 unspecified atom stereocenters. The van der Waals surface area contributed by atoms with E-state index in [1.165, 1.54) is 49.9 Å². The smallest absolute Gasteiger partial charge is 0.133 e. The van der Waals surface area contributed by atoms with Gasteiger partial charge in [-0.05, 0) is 61.6 Å². The number of rotatable bonds is 2. The minimum Gasteiger partial charge on any atom is -0.300 e. The van der Waals surface area contributed by atoms with Crippen LogP contribution < -0.4 is 0 Å². The van der Waals surface area contributed by atoms with Crippen LogP contribution >= 0.6 is 0 Å². The number of likely N-dealkylation sites (tertiary alicyclic amines) is 1. The number of carbonyl (C=O) groups is 1. The molecule has 1 aliphatic heterocycles. The summed E-state index contributed by atoms with van der Waals surface area (Å²) >= 11 is 0. The Labute approximate surface area is 132 Å². The fourth-order valence-electron chi connectivity index (χ4n) is 5.73. The molecule has 116 valence electrons. The highest BCUT2D eigenvalue weighted by Gasteiger charge is 2.55. The molecule has 0 radical (unpaired) electrons. The number of hydrogen-bond donors (Lipinski definition) is 0. The van der Waals surface area contributed by atoms with E-state index in [0.717, 1.165) is 25.2 Å². The first-order valence-corrected chi connectivity index (χ1v) is 9.10. The van der Waals surface area contributed by atoms with Crippen molar-refractivity contribution in [2.45, 2.75) is 56.4 Å². The van der Waals surface area contributed by atoms with Crippen LogP contribution in [0, 0.1) is 11.8 Å². The number of benzene rings is 1. The average Bonchev–Trinajstić information content (AvgIpc) is 3.34. The Kier molecular flexibility index (Phi) is 2.83. The second-order valence-corrected chi connectivity index (χ2v) is 8.13. The van der Waals surface area contributed by atoms with Crippen LogP contribution in [0.5, 0.6) is 0 Å². The molecule has 3 aliphatic carbocycles. The number of piperidine rings is 1. The van der Waals surface area contributed by atoms with E-state index in [9.17, 15) is 4.79 Å². The second kappa shape index (κ2) is 4.67. The summed E-state index contributed by atoms with van der Waals surface area (Å²) in [5, 5.41) is 0. The van der Waals surface area contributed by atoms with Crippen LogP contribution in [-0.4, -0.2) is 29.8 Å². The third-order valence-corrected chi connectivity index (χ3v) is 6.91. The molecule has 1 aromatic carbocycles. The molecule has 0 spiro atoms. The molecule has 1 heterocycles. The van der Waals surface area contributed by atoms with Gasteiger partial charge in [-0.1, -0.05) is 24.3 Å². The molecule has 2 saturated carbocycles. The predicted molar refractivity (Wildman–Crippen MR) is 86.9 cm³/mol. The van der Waals surface area contributed by atoms with Crippen molar-refractivity contribution in [3.63, 3.8) is 0 Å². The lowest BCUT2D eigenvalue weighted by Gasteiger charge is -2.58. The molecule has 2 nitrogen and oxygen atoms in total. The van der Waals surface area contributed by atoms with Gasteiger partial charge in [0.05, 0.1) is 0 Å². The molecule has 3 atom stereocenters. The summed E-state index contributed by atoms with van der Waals surface area (Å²) in [7, 11) is 0. The molecule has 3 fully saturated rings. The molecule has 4 aliphatic rings. The summed E-state index contributed by atoms with van der Waals surface area (Å²) in [6.45, 7) is 2.52. The van der Waals surface area contributed by atoms with Crippen molar-refractivity contribution in [1.82, 2.24) is 4.90 Å². The molecular formula is C20H25NO. The quantitative estimate of drug-likeness (QED) is 0.834. The number of Topliss-reactive ketones (excluding diaryl/α,β-unsaturated/α-hetero) is 1. The summed E-state index contributed by atoms with van der Waals surface area (Å²) in [5.74, 6) is 2.19. The van der Waals surface area contributed by atoms with Crippen LogP contribution in [0.1, 0.15) is 49.7 Å². The lowest BCUT2D eigenvalue weighted by Crippen LogP contribution is -2.62. The Morgan fingerprint density at radius 1 is 1.18 bits per heavy atom. The van der Waals surface area contributed by atoms with Gasteiger partial charge in [0.1, 0.15) is 5.78 Å². The zero-order valence-electron chi connectivity index (χ0n) is 13.3. The van der Waals surface area contributed by atoms with E-state index in [1.807, 2.05) is 0 Å². The molecule has 2 bridgehead atoms. The van der Waals surface area contributed by atoms with Gasteiger partial charge in [0.15, 0.2) is 0 Å². The van der Waals surface area contributed by atoms with Crippen molar-refractivity contribution in [1.29, 1.82) is 0 Å². The van der Waals surface area contributed by atoms with Gasteiger partial charge >= 0.3 is 0 Å². The molecule has 1 aromatic rings. The number of fused-ring (bicyclic) bond motifs is 1. The maximum Gasteiger partial charge on any atom is 0.133 e. The van der Waals surface area contributed by atoms with Crippen molar-refractivity contribution in [2.75, 3.05) is 13.1 Å². The van der Waals surface area contributed by atoms with Gasteiger partial charge in [-0.3, -0.25) is 9.69 Å². The molecule has 0 N–H and O–H groups in total. The Morgan fingerprint density at radius 2 is 2.05 bits per heavy atom. The maximum atomic E-state index is 12.3. The molecule has 0 aromatic heterocycles. The molecular weight excluding hydrogens is 270 g/mol. The van der Waals surface area contributed by atoms with Crippen LogP contribution in [0.15, 0.2) is 24.3 Å². The van der Waals surface area contributed by atoms with Gasteiger partial charge in [0.2, 0.25) is 0 Å². The topological polar surface area (TPSA) is 20.3 Å². The standard InChI is InChI=1S/C20H25NO/c22-16-7-8-18-19-11-15-3-1-2-4-17(15)20(18,12-16)9-10-21(19)13-14-5-6-14/h1-4,14,18-19H,5-13H2/t18-,19+,20+/m0/s1. The number of ketones is 1. The second-order valence-electron chi connectivity index (χ2n) is 8.13. The van der Waals surface area contributed by atoms with Gasteiger partial charge in [0, 0.05) is 30.8 Å². The first-order valence-electron chi connectivity index (χ1n) is 9.10. The van der Waals surface area contributed by atoms with Crippen molar-refractivity contribution >= 4 is 5.78 Å². The van der Waals surface area contributed by atoms with E-state index in [2.05, 4.69) is 29.2 Å². The van der Waals surface area contributed by atoms with E-state index in [4.69, 9.17) is 0 Å². The van der Waals surface area contributed by atoms with Crippen molar-refractivity contribution in [2.24, 2.45) is 11.8 Å². The number of carbonyl (C=O) groups excluding carboxylic acids is 1. The van der Waals surface area contributed by atoms with Crippen molar-refractivity contribution in [3.8, 4) is 0 Å². The fraction of sp³-hybridized carbons (Fsp3) is 0.650. The maximum absolute atomic E-state index is 12.3. The van der Waals surface area contributed by atoms with Crippen molar-refractivity contribution < 1.29 is 4.79 Å². The minimum atomic E-state index is 0.175. The van der Waals surface area contributed by atoms with Crippen LogP contribution in [0.2, 0.25) is 0 Å². The summed E-state index contributed by atoms with van der Waals surface area (Å²) in [5.41, 5.74) is 3.23. The van der Waals surface area contributed by atoms with E-state index in [-0.39, 0.29) is 5.41 Å². The Morgan fingerprint density at radius 3 is 2.91 bits per heavy atom. The minimum absolute atomic E-state index is 0.175. The summed E-state index contributed by atoms with van der Waals surface area (Å²) in [6.07, 6.45) is 8.04. The zero-order valence-corrected chi connectivity index (χ0v) is 13.3. The summed E-state index contributed by atoms with van der Waals surface area (Å²) in [4.78, 5) is 15.1. The lowest BCUT2D eigenvalue weighted by atomic mass is 9.52. The zero-order chi connectivity index (χ0) is 14.7. The van der Waals surface area contributed by atoms with Crippen LogP contribution in [0.25, 0.3) is 0 Å². The SMILES string of the molecule is O=C1CC[C@H]2[C@H]3Cc4ccccc4[C@@]2(CCN3CC2CC2)C1. The first kappa shape index (κ1) is 13.3. The van der Waals surface area contributed by atoms with E-state index >= 15 is 0 Å². The summed E-state index contributed by atoms with van der Waals surface area (Å²) in [6, 6.07) is 9.70. The van der Waals surface area contributed by atoms with E-state index in [1.54, 1.807) is 0 Å². The van der Waals surface area contributed by atoms with Gasteiger partial charge in [-0.2, -0.15) is 0 Å². The predicted octanol–water partition coefficient (Wildman–Crippen LogP) is 3.33. The highest BCUT2D eigenvalue weighted by Crippen LogP contribution is 2.55. The molecule has 2 heteroatoms. The lowest BCUT2D eigenvalue weighted by molar-refractivity contribution is -0.127. The monoisotopic (exact) mass is 295 g/mol. The Balaban J connectivity index is 1.59. The third-order valence-electron chi connectivity index (χ3n) is 6.91. The fourth-order valence-corrected chi connectivity index (χ4v) is 5.73. The van der Waals surface area contributed by atoms with Crippen LogP contribution in [0.3, 0.4) is 0 Å². The van der Waals surface area contributed by atoms with E-state index < -0.39 is 0 Å². The third kappa shape index (κ3) is 1.86. The number of nitrogens with zero attached hydrogens (tertiary/aromatic N) is 1. The molecule has 0 amide bonds.